The molecule has 2 aromatic rings. The highest BCUT2D eigenvalue weighted by Gasteiger charge is 2.36. The first-order chi connectivity index (χ1) is 15.4. The van der Waals surface area contributed by atoms with Crippen molar-refractivity contribution in [3.8, 4) is 0 Å². The van der Waals surface area contributed by atoms with Gasteiger partial charge in [-0.3, -0.25) is 4.98 Å². The van der Waals surface area contributed by atoms with Crippen molar-refractivity contribution >= 4 is 23.2 Å². The maximum absolute atomic E-state index is 6.13. The van der Waals surface area contributed by atoms with Crippen molar-refractivity contribution in [2.45, 2.75) is 59.4 Å². The van der Waals surface area contributed by atoms with Crippen LogP contribution in [0.15, 0.2) is 24.4 Å². The van der Waals surface area contributed by atoms with Crippen molar-refractivity contribution in [2.75, 3.05) is 42.9 Å². The largest absolute Gasteiger partial charge is 0.362 e. The predicted molar refractivity (Wildman–Crippen MR) is 135 cm³/mol. The number of nitrogens with one attached hydrogen (secondary N) is 1. The average molecular weight is 456 g/mol. The lowest BCUT2D eigenvalue weighted by Gasteiger charge is -2.47. The average Bonchev–Trinajstić information content (AvgIpc) is 2.73. The van der Waals surface area contributed by atoms with Crippen LogP contribution < -0.4 is 10.2 Å². The van der Waals surface area contributed by atoms with Gasteiger partial charge in [0.1, 0.15) is 11.6 Å². The van der Waals surface area contributed by atoms with Crippen molar-refractivity contribution in [3.05, 3.63) is 46.2 Å². The molecular formula is C26H38ClN5. The molecule has 2 saturated heterocycles. The highest BCUT2D eigenvalue weighted by molar-refractivity contribution is 6.30. The number of rotatable bonds is 8. The van der Waals surface area contributed by atoms with Crippen molar-refractivity contribution in [1.82, 2.24) is 14.9 Å². The lowest BCUT2D eigenvalue weighted by Crippen LogP contribution is -2.54. The molecule has 5 nitrogen and oxygen atoms in total. The first-order valence-electron chi connectivity index (χ1n) is 12.3. The molecule has 174 valence electrons. The van der Waals surface area contributed by atoms with Gasteiger partial charge >= 0.3 is 0 Å². The van der Waals surface area contributed by atoms with E-state index in [1.807, 2.05) is 25.3 Å². The van der Waals surface area contributed by atoms with E-state index in [0.717, 1.165) is 47.3 Å². The van der Waals surface area contributed by atoms with E-state index in [4.69, 9.17) is 16.6 Å². The van der Waals surface area contributed by atoms with E-state index in [0.29, 0.717) is 0 Å². The molecule has 2 aliphatic heterocycles. The number of likely N-dealkylation sites (tertiary alicyclic amines) is 1. The standard InChI is InChI=1S/C26H38ClN5/c1-5-6-11-31-12-7-8-21(15-31)22-16-32(17-22)25-14-28-20(4)26(30-25)29-19(3)24-10-9-23(27)13-18(24)2/h9-10,13-14,19,21-22H,5-8,11-12,15-17H2,1-4H3,(H,29,30). The number of aromatic nitrogens is 2. The molecular weight excluding hydrogens is 418 g/mol. The fourth-order valence-corrected chi connectivity index (χ4v) is 5.42. The van der Waals surface area contributed by atoms with E-state index < -0.39 is 0 Å². The maximum atomic E-state index is 6.13. The van der Waals surface area contributed by atoms with Gasteiger partial charge in [-0.2, -0.15) is 0 Å². The van der Waals surface area contributed by atoms with Crippen LogP contribution in [0.5, 0.6) is 0 Å². The van der Waals surface area contributed by atoms with Gasteiger partial charge in [-0.1, -0.05) is 31.0 Å². The lowest BCUT2D eigenvalue weighted by molar-refractivity contribution is 0.118. The zero-order valence-corrected chi connectivity index (χ0v) is 20.8. The molecule has 32 heavy (non-hydrogen) atoms. The summed E-state index contributed by atoms with van der Waals surface area (Å²) in [6, 6.07) is 6.19. The van der Waals surface area contributed by atoms with Gasteiger partial charge in [0.2, 0.25) is 0 Å². The highest BCUT2D eigenvalue weighted by atomic mass is 35.5. The zero-order chi connectivity index (χ0) is 22.7. The smallest absolute Gasteiger partial charge is 0.150 e. The Kier molecular flexibility index (Phi) is 7.57. The molecule has 6 heteroatoms. The van der Waals surface area contributed by atoms with Gasteiger partial charge < -0.3 is 15.1 Å². The van der Waals surface area contributed by atoms with E-state index in [1.54, 1.807) is 0 Å². The third kappa shape index (κ3) is 5.37. The minimum atomic E-state index is 0.135. The Labute approximate surface area is 198 Å². The normalized spacial score (nSPS) is 20.8. The van der Waals surface area contributed by atoms with Gasteiger partial charge in [0, 0.05) is 24.7 Å². The second-order valence-electron chi connectivity index (χ2n) is 9.75. The Balaban J connectivity index is 1.36. The summed E-state index contributed by atoms with van der Waals surface area (Å²) in [5, 5.41) is 4.35. The van der Waals surface area contributed by atoms with Crippen LogP contribution in [-0.2, 0) is 0 Å². The quantitative estimate of drug-likeness (QED) is 0.539. The molecule has 2 fully saturated rings. The number of unbranched alkanes of at least 4 members (excludes halogenated alkanes) is 1. The second-order valence-corrected chi connectivity index (χ2v) is 10.2. The van der Waals surface area contributed by atoms with Crippen LogP contribution in [0.4, 0.5) is 11.6 Å². The van der Waals surface area contributed by atoms with Gasteiger partial charge in [0.25, 0.3) is 0 Å². The number of halogens is 1. The number of aryl methyl sites for hydroxylation is 2. The van der Waals surface area contributed by atoms with Crippen LogP contribution >= 0.6 is 11.6 Å². The molecule has 2 atom stereocenters. The molecule has 1 aromatic heterocycles. The van der Waals surface area contributed by atoms with Crippen LogP contribution in [-0.4, -0.2) is 47.6 Å². The fourth-order valence-electron chi connectivity index (χ4n) is 5.20. The van der Waals surface area contributed by atoms with Gasteiger partial charge in [0.15, 0.2) is 0 Å². The predicted octanol–water partition coefficient (Wildman–Crippen LogP) is 5.87. The molecule has 0 amide bonds. The summed E-state index contributed by atoms with van der Waals surface area (Å²) in [6.45, 7) is 14.6. The topological polar surface area (TPSA) is 44.3 Å². The number of hydrogen-bond acceptors (Lipinski definition) is 5. The summed E-state index contributed by atoms with van der Waals surface area (Å²) < 4.78 is 0. The summed E-state index contributed by atoms with van der Waals surface area (Å²) in [5.41, 5.74) is 3.35. The van der Waals surface area contributed by atoms with Crippen LogP contribution in [0, 0.1) is 25.7 Å². The fraction of sp³-hybridized carbons (Fsp3) is 0.615. The van der Waals surface area contributed by atoms with Crippen molar-refractivity contribution in [1.29, 1.82) is 0 Å². The first kappa shape index (κ1) is 23.3. The molecule has 0 bridgehead atoms. The Morgan fingerprint density at radius 1 is 1.19 bits per heavy atom. The minimum Gasteiger partial charge on any atom is -0.362 e. The maximum Gasteiger partial charge on any atom is 0.150 e. The number of anilines is 2. The molecule has 0 aliphatic carbocycles. The Morgan fingerprint density at radius 3 is 2.75 bits per heavy atom. The Morgan fingerprint density at radius 2 is 2.00 bits per heavy atom. The molecule has 2 unspecified atom stereocenters. The summed E-state index contributed by atoms with van der Waals surface area (Å²) in [4.78, 5) is 14.7. The van der Waals surface area contributed by atoms with E-state index in [1.165, 1.54) is 56.4 Å². The van der Waals surface area contributed by atoms with E-state index >= 15 is 0 Å². The minimum absolute atomic E-state index is 0.135. The molecule has 1 aromatic carbocycles. The number of nitrogens with zero attached hydrogens (tertiary/aromatic N) is 4. The first-order valence-corrected chi connectivity index (χ1v) is 12.7. The molecule has 4 rings (SSSR count). The Bertz CT molecular complexity index is 911. The summed E-state index contributed by atoms with van der Waals surface area (Å²) in [6.07, 6.45) is 7.28. The van der Waals surface area contributed by atoms with E-state index in [-0.39, 0.29) is 6.04 Å². The SMILES string of the molecule is CCCCN1CCCC(C2CN(c3cnc(C)c(NC(C)c4ccc(Cl)cc4C)n3)C2)C1. The molecule has 0 radical (unpaired) electrons. The van der Waals surface area contributed by atoms with Crippen LogP contribution in [0.2, 0.25) is 5.02 Å². The van der Waals surface area contributed by atoms with Gasteiger partial charge in [-0.15, -0.1) is 0 Å². The van der Waals surface area contributed by atoms with Gasteiger partial charge in [0.05, 0.1) is 17.9 Å². The van der Waals surface area contributed by atoms with Crippen molar-refractivity contribution in [2.24, 2.45) is 11.8 Å². The summed E-state index contributed by atoms with van der Waals surface area (Å²) in [5.74, 6) is 3.49. The molecule has 2 aliphatic rings. The van der Waals surface area contributed by atoms with Gasteiger partial charge in [-0.05, 0) is 88.2 Å². The van der Waals surface area contributed by atoms with E-state index in [9.17, 15) is 0 Å². The summed E-state index contributed by atoms with van der Waals surface area (Å²) in [7, 11) is 0. The van der Waals surface area contributed by atoms with Crippen LogP contribution in [0.25, 0.3) is 0 Å². The van der Waals surface area contributed by atoms with E-state index in [2.05, 4.69) is 46.9 Å². The Hall–Kier alpha value is -1.85. The molecule has 0 saturated carbocycles. The zero-order valence-electron chi connectivity index (χ0n) is 20.1. The number of benzene rings is 1. The van der Waals surface area contributed by atoms with Crippen LogP contribution in [0.1, 0.15) is 62.4 Å². The highest BCUT2D eigenvalue weighted by Crippen LogP contribution is 2.34. The lowest BCUT2D eigenvalue weighted by atomic mass is 9.80. The third-order valence-corrected chi connectivity index (χ3v) is 7.50. The van der Waals surface area contributed by atoms with Crippen molar-refractivity contribution < 1.29 is 0 Å². The van der Waals surface area contributed by atoms with Crippen LogP contribution in [0.3, 0.4) is 0 Å². The number of piperidine rings is 1. The van der Waals surface area contributed by atoms with Crippen molar-refractivity contribution in [3.63, 3.8) is 0 Å². The van der Waals surface area contributed by atoms with Gasteiger partial charge in [-0.25, -0.2) is 4.98 Å². The monoisotopic (exact) mass is 455 g/mol. The number of hydrogen-bond donors (Lipinski definition) is 1. The molecule has 3 heterocycles. The molecule has 1 N–H and O–H groups in total. The summed E-state index contributed by atoms with van der Waals surface area (Å²) >= 11 is 6.13. The second kappa shape index (κ2) is 10.4. The molecule has 0 spiro atoms. The third-order valence-electron chi connectivity index (χ3n) is 7.26.